The molecule has 92 valence electrons. The number of nitrogens with two attached hydrogens (primary N) is 1. The van der Waals surface area contributed by atoms with Crippen molar-refractivity contribution in [3.05, 3.63) is 0 Å². The molecule has 3 N–H and O–H groups in total. The van der Waals surface area contributed by atoms with Crippen LogP contribution in [0.1, 0.15) is 39.0 Å². The second kappa shape index (κ2) is 5.84. The number of amides is 1. The Balaban J connectivity index is 2.55. The van der Waals surface area contributed by atoms with E-state index in [0.717, 1.165) is 19.3 Å². The zero-order valence-corrected chi connectivity index (χ0v) is 9.69. The fourth-order valence-electron chi connectivity index (χ4n) is 2.05. The summed E-state index contributed by atoms with van der Waals surface area (Å²) in [5, 5.41) is 8.96. The third-order valence-corrected chi connectivity index (χ3v) is 3.01. The van der Waals surface area contributed by atoms with E-state index >= 15 is 0 Å². The number of unbranched alkanes of at least 4 members (excludes halogenated alkanes) is 1. The third kappa shape index (κ3) is 2.95. The summed E-state index contributed by atoms with van der Waals surface area (Å²) in [7, 11) is 0. The maximum Gasteiger partial charge on any atom is 0.326 e. The van der Waals surface area contributed by atoms with Crippen LogP contribution in [-0.4, -0.2) is 40.5 Å². The van der Waals surface area contributed by atoms with Crippen molar-refractivity contribution >= 4 is 11.9 Å². The van der Waals surface area contributed by atoms with E-state index < -0.39 is 18.1 Å². The number of likely N-dealkylation sites (tertiary alicyclic amines) is 1. The van der Waals surface area contributed by atoms with E-state index in [-0.39, 0.29) is 5.91 Å². The van der Waals surface area contributed by atoms with Crippen molar-refractivity contribution in [2.24, 2.45) is 5.73 Å². The Morgan fingerprint density at radius 1 is 1.56 bits per heavy atom. The number of nitrogens with zero attached hydrogens (tertiary/aromatic N) is 1. The summed E-state index contributed by atoms with van der Waals surface area (Å²) in [5.74, 6) is -1.13. The topological polar surface area (TPSA) is 83.6 Å². The van der Waals surface area contributed by atoms with Gasteiger partial charge in [0.05, 0.1) is 6.04 Å². The Labute approximate surface area is 95.6 Å². The summed E-state index contributed by atoms with van der Waals surface area (Å²) in [5.41, 5.74) is 5.76. The number of carboxylic acid groups (broad SMARTS) is 1. The van der Waals surface area contributed by atoms with Crippen LogP contribution in [-0.2, 0) is 9.59 Å². The first-order valence-corrected chi connectivity index (χ1v) is 5.86. The zero-order valence-electron chi connectivity index (χ0n) is 9.69. The number of carbonyl (C=O) groups excluding carboxylic acids is 1. The molecule has 1 heterocycles. The van der Waals surface area contributed by atoms with Gasteiger partial charge in [-0.15, -0.1) is 0 Å². The molecule has 5 nitrogen and oxygen atoms in total. The second-order valence-electron chi connectivity index (χ2n) is 4.28. The SMILES string of the molecule is CCCCC(N)C(=O)N1CCC[C@H]1C(=O)O. The Bertz CT molecular complexity index is 268. The van der Waals surface area contributed by atoms with Gasteiger partial charge in [-0.2, -0.15) is 0 Å². The van der Waals surface area contributed by atoms with Gasteiger partial charge in [-0.1, -0.05) is 19.8 Å². The highest BCUT2D eigenvalue weighted by Crippen LogP contribution is 2.19. The maximum atomic E-state index is 11.9. The van der Waals surface area contributed by atoms with E-state index in [1.165, 1.54) is 4.90 Å². The molecule has 0 spiro atoms. The average molecular weight is 228 g/mol. The minimum atomic E-state index is -0.923. The van der Waals surface area contributed by atoms with Crippen molar-refractivity contribution in [1.82, 2.24) is 4.90 Å². The maximum absolute atomic E-state index is 11.9. The molecule has 0 radical (unpaired) electrons. The summed E-state index contributed by atoms with van der Waals surface area (Å²) in [6, 6.07) is -1.21. The molecule has 0 saturated carbocycles. The summed E-state index contributed by atoms with van der Waals surface area (Å²) < 4.78 is 0. The highest BCUT2D eigenvalue weighted by atomic mass is 16.4. The van der Waals surface area contributed by atoms with Crippen LogP contribution >= 0.6 is 0 Å². The molecule has 1 aliphatic rings. The number of rotatable bonds is 5. The van der Waals surface area contributed by atoms with Crippen LogP contribution in [0.4, 0.5) is 0 Å². The molecule has 1 amide bonds. The van der Waals surface area contributed by atoms with Crippen LogP contribution in [0.25, 0.3) is 0 Å². The smallest absolute Gasteiger partial charge is 0.326 e. The molecule has 2 atom stereocenters. The van der Waals surface area contributed by atoms with E-state index in [9.17, 15) is 9.59 Å². The Hall–Kier alpha value is -1.10. The third-order valence-electron chi connectivity index (χ3n) is 3.01. The van der Waals surface area contributed by atoms with Crippen molar-refractivity contribution in [1.29, 1.82) is 0 Å². The molecule has 0 aromatic rings. The Morgan fingerprint density at radius 2 is 2.25 bits per heavy atom. The number of carboxylic acids is 1. The standard InChI is InChI=1S/C11H20N2O3/c1-2-3-5-8(12)10(14)13-7-4-6-9(13)11(15)16/h8-9H,2-7,12H2,1H3,(H,15,16)/t8?,9-/m0/s1. The van der Waals surface area contributed by atoms with Gasteiger partial charge in [-0.25, -0.2) is 4.79 Å². The summed E-state index contributed by atoms with van der Waals surface area (Å²) in [6.07, 6.45) is 3.82. The van der Waals surface area contributed by atoms with Crippen LogP contribution in [0.3, 0.4) is 0 Å². The Kier molecular flexibility index (Phi) is 4.73. The fourth-order valence-corrected chi connectivity index (χ4v) is 2.05. The van der Waals surface area contributed by atoms with Crippen molar-refractivity contribution in [3.8, 4) is 0 Å². The average Bonchev–Trinajstić information content (AvgIpc) is 2.73. The lowest BCUT2D eigenvalue weighted by Gasteiger charge is -2.24. The molecule has 16 heavy (non-hydrogen) atoms. The molecule has 0 aromatic heterocycles. The van der Waals surface area contributed by atoms with Gasteiger partial charge in [0, 0.05) is 6.54 Å². The number of hydrogen-bond donors (Lipinski definition) is 2. The largest absolute Gasteiger partial charge is 0.480 e. The summed E-state index contributed by atoms with van der Waals surface area (Å²) in [4.78, 5) is 24.2. The zero-order chi connectivity index (χ0) is 12.1. The normalized spacial score (nSPS) is 22.1. The number of hydrogen-bond acceptors (Lipinski definition) is 3. The molecule has 1 saturated heterocycles. The molecule has 5 heteroatoms. The van der Waals surface area contributed by atoms with Crippen molar-refractivity contribution in [3.63, 3.8) is 0 Å². The van der Waals surface area contributed by atoms with E-state index in [1.54, 1.807) is 0 Å². The van der Waals surface area contributed by atoms with E-state index in [2.05, 4.69) is 0 Å². The van der Waals surface area contributed by atoms with Crippen LogP contribution in [0.2, 0.25) is 0 Å². The highest BCUT2D eigenvalue weighted by molar-refractivity contribution is 5.87. The molecular formula is C11H20N2O3. The Morgan fingerprint density at radius 3 is 2.81 bits per heavy atom. The van der Waals surface area contributed by atoms with Gasteiger partial charge in [0.2, 0.25) is 5.91 Å². The first-order valence-electron chi connectivity index (χ1n) is 5.86. The number of aliphatic carboxylic acids is 1. The van der Waals surface area contributed by atoms with Crippen LogP contribution in [0, 0.1) is 0 Å². The molecule has 1 rings (SSSR count). The summed E-state index contributed by atoms with van der Waals surface area (Å²) in [6.45, 7) is 2.56. The molecule has 1 aliphatic heterocycles. The lowest BCUT2D eigenvalue weighted by atomic mass is 10.1. The predicted molar refractivity (Wildman–Crippen MR) is 59.9 cm³/mol. The fraction of sp³-hybridized carbons (Fsp3) is 0.818. The quantitative estimate of drug-likeness (QED) is 0.721. The number of carbonyl (C=O) groups is 2. The monoisotopic (exact) mass is 228 g/mol. The predicted octanol–water partition coefficient (Wildman–Crippen LogP) is 0.579. The molecule has 1 fully saturated rings. The van der Waals surface area contributed by atoms with Gasteiger partial charge in [-0.05, 0) is 19.3 Å². The minimum Gasteiger partial charge on any atom is -0.480 e. The molecule has 1 unspecified atom stereocenters. The molecular weight excluding hydrogens is 208 g/mol. The van der Waals surface area contributed by atoms with Crippen LogP contribution in [0.15, 0.2) is 0 Å². The lowest BCUT2D eigenvalue weighted by Crippen LogP contribution is -2.48. The van der Waals surface area contributed by atoms with E-state index in [4.69, 9.17) is 10.8 Å². The van der Waals surface area contributed by atoms with Crippen molar-refractivity contribution in [2.45, 2.75) is 51.1 Å². The second-order valence-corrected chi connectivity index (χ2v) is 4.28. The van der Waals surface area contributed by atoms with Gasteiger partial charge in [0.25, 0.3) is 0 Å². The summed E-state index contributed by atoms with van der Waals surface area (Å²) >= 11 is 0. The first kappa shape index (κ1) is 13.0. The van der Waals surface area contributed by atoms with Gasteiger partial charge >= 0.3 is 5.97 Å². The van der Waals surface area contributed by atoms with Gasteiger partial charge in [-0.3, -0.25) is 4.79 Å². The highest BCUT2D eigenvalue weighted by Gasteiger charge is 2.35. The van der Waals surface area contributed by atoms with Crippen molar-refractivity contribution < 1.29 is 14.7 Å². The van der Waals surface area contributed by atoms with Crippen molar-refractivity contribution in [2.75, 3.05) is 6.54 Å². The lowest BCUT2D eigenvalue weighted by molar-refractivity contribution is -0.148. The van der Waals surface area contributed by atoms with Crippen LogP contribution in [0.5, 0.6) is 0 Å². The van der Waals surface area contributed by atoms with Gasteiger partial charge < -0.3 is 15.7 Å². The van der Waals surface area contributed by atoms with E-state index in [1.807, 2.05) is 6.92 Å². The van der Waals surface area contributed by atoms with Gasteiger partial charge in [0.15, 0.2) is 0 Å². The van der Waals surface area contributed by atoms with E-state index in [0.29, 0.717) is 19.4 Å². The van der Waals surface area contributed by atoms with Crippen LogP contribution < -0.4 is 5.73 Å². The van der Waals surface area contributed by atoms with Gasteiger partial charge in [0.1, 0.15) is 6.04 Å². The first-order chi connectivity index (χ1) is 7.57. The molecule has 0 bridgehead atoms. The molecule has 0 aliphatic carbocycles. The molecule has 0 aromatic carbocycles. The minimum absolute atomic E-state index is 0.210.